The minimum absolute atomic E-state index is 0.166. The molecule has 1 saturated heterocycles. The Hall–Kier alpha value is -2.18. The molecule has 18 heavy (non-hydrogen) atoms. The molecule has 0 amide bonds. The molecule has 2 aromatic heterocycles. The first-order valence-corrected chi connectivity index (χ1v) is 5.87. The standard InChI is InChI=1S/C11H14N6O/c1-18-9-4-5-12-11(15-9)17-6-2-3-8(17)10-13-7-14-16-10/h4-5,7-8H,2-3,6H2,1H3,(H,13,14,16)/t8-/m0/s1. The van der Waals surface area contributed by atoms with Crippen molar-refractivity contribution in [1.82, 2.24) is 25.1 Å². The van der Waals surface area contributed by atoms with Gasteiger partial charge in [0, 0.05) is 18.8 Å². The van der Waals surface area contributed by atoms with Gasteiger partial charge in [-0.15, -0.1) is 0 Å². The van der Waals surface area contributed by atoms with Crippen LogP contribution in [0.5, 0.6) is 5.88 Å². The Morgan fingerprint density at radius 3 is 3.17 bits per heavy atom. The van der Waals surface area contributed by atoms with E-state index in [0.717, 1.165) is 25.2 Å². The highest BCUT2D eigenvalue weighted by Gasteiger charge is 2.30. The summed E-state index contributed by atoms with van der Waals surface area (Å²) in [4.78, 5) is 15.0. The molecule has 7 nitrogen and oxygen atoms in total. The summed E-state index contributed by atoms with van der Waals surface area (Å²) in [7, 11) is 1.60. The van der Waals surface area contributed by atoms with E-state index in [4.69, 9.17) is 4.74 Å². The van der Waals surface area contributed by atoms with Crippen LogP contribution in [0.15, 0.2) is 18.6 Å². The summed E-state index contributed by atoms with van der Waals surface area (Å²) < 4.78 is 5.13. The second-order valence-corrected chi connectivity index (χ2v) is 4.12. The summed E-state index contributed by atoms with van der Waals surface area (Å²) in [5, 5.41) is 6.82. The van der Waals surface area contributed by atoms with Gasteiger partial charge in [0.15, 0.2) is 0 Å². The number of H-pyrrole nitrogens is 1. The zero-order chi connectivity index (χ0) is 12.4. The number of anilines is 1. The normalized spacial score (nSPS) is 19.2. The molecular formula is C11H14N6O. The number of nitrogens with one attached hydrogen (secondary N) is 1. The van der Waals surface area contributed by atoms with Crippen LogP contribution < -0.4 is 9.64 Å². The number of hydrogen-bond donors (Lipinski definition) is 1. The third-order valence-corrected chi connectivity index (χ3v) is 3.09. The van der Waals surface area contributed by atoms with E-state index in [0.29, 0.717) is 11.8 Å². The average molecular weight is 246 g/mol. The predicted molar refractivity (Wildman–Crippen MR) is 64.3 cm³/mol. The number of ether oxygens (including phenoxy) is 1. The van der Waals surface area contributed by atoms with Crippen molar-refractivity contribution < 1.29 is 4.74 Å². The van der Waals surface area contributed by atoms with Gasteiger partial charge in [-0.1, -0.05) is 0 Å². The lowest BCUT2D eigenvalue weighted by atomic mass is 10.2. The second kappa shape index (κ2) is 4.59. The third-order valence-electron chi connectivity index (χ3n) is 3.09. The van der Waals surface area contributed by atoms with Crippen molar-refractivity contribution in [1.29, 1.82) is 0 Å². The molecule has 0 spiro atoms. The minimum Gasteiger partial charge on any atom is -0.481 e. The van der Waals surface area contributed by atoms with E-state index in [2.05, 4.69) is 30.0 Å². The van der Waals surface area contributed by atoms with Crippen LogP contribution in [0.1, 0.15) is 24.7 Å². The van der Waals surface area contributed by atoms with Gasteiger partial charge in [0.25, 0.3) is 0 Å². The maximum atomic E-state index is 5.13. The van der Waals surface area contributed by atoms with Crippen molar-refractivity contribution in [2.75, 3.05) is 18.6 Å². The number of rotatable bonds is 3. The van der Waals surface area contributed by atoms with Crippen LogP contribution in [0.25, 0.3) is 0 Å². The molecule has 2 aromatic rings. The summed E-state index contributed by atoms with van der Waals surface area (Å²) in [5.74, 6) is 2.11. The number of aromatic nitrogens is 5. The molecule has 1 aliphatic rings. The number of aromatic amines is 1. The Labute approximate surface area is 104 Å². The van der Waals surface area contributed by atoms with Crippen LogP contribution in [-0.4, -0.2) is 38.8 Å². The predicted octanol–water partition coefficient (Wildman–Crippen LogP) is 0.945. The largest absolute Gasteiger partial charge is 0.481 e. The Morgan fingerprint density at radius 2 is 2.39 bits per heavy atom. The van der Waals surface area contributed by atoms with Gasteiger partial charge in [0.05, 0.1) is 13.2 Å². The fourth-order valence-corrected chi connectivity index (χ4v) is 2.25. The van der Waals surface area contributed by atoms with Gasteiger partial charge in [0.2, 0.25) is 11.8 Å². The van der Waals surface area contributed by atoms with Crippen molar-refractivity contribution in [2.45, 2.75) is 18.9 Å². The fraction of sp³-hybridized carbons (Fsp3) is 0.455. The molecule has 1 fully saturated rings. The second-order valence-electron chi connectivity index (χ2n) is 4.12. The van der Waals surface area contributed by atoms with E-state index in [9.17, 15) is 0 Å². The molecule has 1 N–H and O–H groups in total. The molecule has 0 aliphatic carbocycles. The summed E-state index contributed by atoms with van der Waals surface area (Å²) in [5.41, 5.74) is 0. The van der Waals surface area contributed by atoms with Crippen LogP contribution in [-0.2, 0) is 0 Å². The van der Waals surface area contributed by atoms with E-state index in [1.54, 1.807) is 19.4 Å². The van der Waals surface area contributed by atoms with Crippen molar-refractivity contribution in [3.8, 4) is 5.88 Å². The van der Waals surface area contributed by atoms with Crippen LogP contribution >= 0.6 is 0 Å². The fourth-order valence-electron chi connectivity index (χ4n) is 2.25. The Kier molecular flexibility index (Phi) is 2.79. The Balaban J connectivity index is 1.90. The highest BCUT2D eigenvalue weighted by atomic mass is 16.5. The van der Waals surface area contributed by atoms with E-state index in [1.807, 2.05) is 0 Å². The molecule has 0 radical (unpaired) electrons. The summed E-state index contributed by atoms with van der Waals surface area (Å²) in [6, 6.07) is 1.91. The van der Waals surface area contributed by atoms with Gasteiger partial charge < -0.3 is 9.64 Å². The molecule has 0 bridgehead atoms. The molecule has 3 rings (SSSR count). The molecule has 1 aliphatic heterocycles. The monoisotopic (exact) mass is 246 g/mol. The summed E-state index contributed by atoms with van der Waals surface area (Å²) in [6.07, 6.45) is 5.34. The van der Waals surface area contributed by atoms with Crippen molar-refractivity contribution >= 4 is 5.95 Å². The van der Waals surface area contributed by atoms with E-state index < -0.39 is 0 Å². The maximum absolute atomic E-state index is 5.13. The minimum atomic E-state index is 0.166. The Morgan fingerprint density at radius 1 is 1.44 bits per heavy atom. The van der Waals surface area contributed by atoms with Crippen LogP contribution in [0.2, 0.25) is 0 Å². The molecule has 94 valence electrons. The van der Waals surface area contributed by atoms with Gasteiger partial charge in [-0.05, 0) is 12.8 Å². The molecule has 3 heterocycles. The van der Waals surface area contributed by atoms with Gasteiger partial charge in [0.1, 0.15) is 12.2 Å². The highest BCUT2D eigenvalue weighted by molar-refractivity contribution is 5.36. The first kappa shape index (κ1) is 10.9. The lowest BCUT2D eigenvalue weighted by molar-refractivity contribution is 0.396. The Bertz CT molecular complexity index is 514. The zero-order valence-corrected chi connectivity index (χ0v) is 10.1. The maximum Gasteiger partial charge on any atom is 0.229 e. The third kappa shape index (κ3) is 1.87. The van der Waals surface area contributed by atoms with Crippen molar-refractivity contribution in [3.05, 3.63) is 24.4 Å². The number of hydrogen-bond acceptors (Lipinski definition) is 6. The van der Waals surface area contributed by atoms with Crippen LogP contribution in [0.3, 0.4) is 0 Å². The first-order chi connectivity index (χ1) is 8.88. The summed E-state index contributed by atoms with van der Waals surface area (Å²) in [6.45, 7) is 0.915. The summed E-state index contributed by atoms with van der Waals surface area (Å²) >= 11 is 0. The molecule has 0 saturated carbocycles. The number of nitrogens with zero attached hydrogens (tertiary/aromatic N) is 5. The van der Waals surface area contributed by atoms with Crippen molar-refractivity contribution in [3.63, 3.8) is 0 Å². The molecule has 0 unspecified atom stereocenters. The van der Waals surface area contributed by atoms with E-state index in [-0.39, 0.29) is 6.04 Å². The zero-order valence-electron chi connectivity index (χ0n) is 10.1. The molecular weight excluding hydrogens is 232 g/mol. The smallest absolute Gasteiger partial charge is 0.229 e. The van der Waals surface area contributed by atoms with Gasteiger partial charge in [-0.3, -0.25) is 5.10 Å². The van der Waals surface area contributed by atoms with Gasteiger partial charge >= 0.3 is 0 Å². The highest BCUT2D eigenvalue weighted by Crippen LogP contribution is 2.32. The van der Waals surface area contributed by atoms with Crippen molar-refractivity contribution in [2.24, 2.45) is 0 Å². The van der Waals surface area contributed by atoms with E-state index >= 15 is 0 Å². The molecule has 1 atom stereocenters. The molecule has 0 aromatic carbocycles. The van der Waals surface area contributed by atoms with Crippen LogP contribution in [0, 0.1) is 0 Å². The average Bonchev–Trinajstić information content (AvgIpc) is 3.09. The van der Waals surface area contributed by atoms with E-state index in [1.165, 1.54) is 6.33 Å². The van der Waals surface area contributed by atoms with Gasteiger partial charge in [-0.25, -0.2) is 9.97 Å². The SMILES string of the molecule is COc1ccnc(N2CCC[C@H]2c2ncn[nH]2)n1. The number of methoxy groups -OCH3 is 1. The first-order valence-electron chi connectivity index (χ1n) is 5.87. The van der Waals surface area contributed by atoms with Gasteiger partial charge in [-0.2, -0.15) is 10.1 Å². The quantitative estimate of drug-likeness (QED) is 0.868. The molecule has 7 heteroatoms. The lowest BCUT2D eigenvalue weighted by Gasteiger charge is -2.22. The van der Waals surface area contributed by atoms with Crippen LogP contribution in [0.4, 0.5) is 5.95 Å². The topological polar surface area (TPSA) is 79.8 Å². The lowest BCUT2D eigenvalue weighted by Crippen LogP contribution is -2.25.